The number of para-hydroxylation sites is 2. The molecule has 4 aromatic heterocycles. The minimum Gasteiger partial charge on any atom is -0.340 e. The van der Waals surface area contributed by atoms with E-state index in [9.17, 15) is 0 Å². The van der Waals surface area contributed by atoms with Crippen molar-refractivity contribution < 1.29 is 8.42 Å². The number of rotatable bonds is 10. The van der Waals surface area contributed by atoms with Crippen molar-refractivity contribution in [1.82, 2.24) is 9.13 Å². The molecule has 8 aromatic carbocycles. The summed E-state index contributed by atoms with van der Waals surface area (Å²) in [5, 5.41) is 8.40. The largest absolute Gasteiger partial charge is 0.340 e. The van der Waals surface area contributed by atoms with Crippen LogP contribution in [0.3, 0.4) is 0 Å². The van der Waals surface area contributed by atoms with Crippen molar-refractivity contribution in [3.05, 3.63) is 155 Å². The first-order chi connectivity index (χ1) is 31.7. The summed E-state index contributed by atoms with van der Waals surface area (Å²) in [4.78, 5) is 0.594. The van der Waals surface area contributed by atoms with Crippen LogP contribution >= 0.6 is 54.5 Å². The minimum atomic E-state index is -4.09. The van der Waals surface area contributed by atoms with E-state index in [1.807, 2.05) is 24.3 Å². The number of hydrogen-bond acceptors (Lipinski definition) is 4. The van der Waals surface area contributed by atoms with Crippen LogP contribution in [0.15, 0.2) is 164 Å². The number of aromatic nitrogens is 2. The maximum atomic E-state index is 15.5. The second-order valence-electron chi connectivity index (χ2n) is 17.1. The molecule has 0 unspecified atom stereocenters. The molecule has 320 valence electrons. The van der Waals surface area contributed by atoms with Crippen molar-refractivity contribution >= 4 is 148 Å². The van der Waals surface area contributed by atoms with E-state index >= 15 is 8.42 Å². The van der Waals surface area contributed by atoms with Crippen molar-refractivity contribution in [3.8, 4) is 22.3 Å². The number of thiophene rings is 2. The van der Waals surface area contributed by atoms with Crippen molar-refractivity contribution in [2.75, 3.05) is 0 Å². The molecule has 0 saturated carbocycles. The van der Waals surface area contributed by atoms with Gasteiger partial charge in [-0.25, -0.2) is 8.42 Å². The lowest BCUT2D eigenvalue weighted by atomic mass is 10.0. The first-order valence-corrected chi connectivity index (χ1v) is 27.0. The third-order valence-electron chi connectivity index (χ3n) is 13.3. The highest BCUT2D eigenvalue weighted by molar-refractivity contribution is 9.11. The Bertz CT molecular complexity index is 3790. The molecular weight excluding hydrogens is 989 g/mol. The van der Waals surface area contributed by atoms with E-state index < -0.39 is 9.84 Å². The number of hydrogen-bond donors (Lipinski definition) is 0. The second kappa shape index (κ2) is 16.0. The molecule has 0 amide bonds. The first kappa shape index (κ1) is 41.2. The Morgan fingerprint density at radius 3 is 1.28 bits per heavy atom. The number of aryl methyl sites for hydroxylation is 2. The molecule has 0 atom stereocenters. The van der Waals surface area contributed by atoms with Gasteiger partial charge in [-0.3, -0.25) is 0 Å². The van der Waals surface area contributed by atoms with E-state index in [2.05, 4.69) is 176 Å². The van der Waals surface area contributed by atoms with Crippen LogP contribution in [0.1, 0.15) is 39.5 Å². The maximum Gasteiger partial charge on any atom is 0.210 e. The van der Waals surface area contributed by atoms with Crippen LogP contribution in [0.2, 0.25) is 0 Å². The Kier molecular flexibility index (Phi) is 10.1. The molecule has 0 aliphatic carbocycles. The predicted molar refractivity (Wildman–Crippen MR) is 286 cm³/mol. The number of sulfone groups is 1. The Balaban J connectivity index is 0.964. The number of unbranched alkanes of at least 4 members (excludes halogenated alkanes) is 2. The fourth-order valence-corrected chi connectivity index (χ4v) is 16.4. The van der Waals surface area contributed by atoms with Crippen molar-refractivity contribution in [2.24, 2.45) is 0 Å². The van der Waals surface area contributed by atoms with E-state index in [1.165, 1.54) is 43.6 Å². The number of halogens is 2. The minimum absolute atomic E-state index is 0.297. The molecule has 65 heavy (non-hydrogen) atoms. The van der Waals surface area contributed by atoms with Gasteiger partial charge in [-0.05, 0) is 140 Å². The highest BCUT2D eigenvalue weighted by Crippen LogP contribution is 2.49. The van der Waals surface area contributed by atoms with Gasteiger partial charge in [-0.15, -0.1) is 22.7 Å². The highest BCUT2D eigenvalue weighted by Gasteiger charge is 2.31. The number of nitrogens with zero attached hydrogens (tertiary/aromatic N) is 2. The Labute approximate surface area is 401 Å². The fraction of sp³-hybridized carbons (Fsp3) is 0.143. The summed E-state index contributed by atoms with van der Waals surface area (Å²) in [5.74, 6) is 0. The summed E-state index contributed by atoms with van der Waals surface area (Å²) in [7, 11) is -4.09. The van der Waals surface area contributed by atoms with Gasteiger partial charge in [0.15, 0.2) is 0 Å². The average molecular weight is 1030 g/mol. The molecule has 0 aliphatic rings. The molecular formula is C56H42Br2N2O2S3. The van der Waals surface area contributed by atoms with Gasteiger partial charge in [0, 0.05) is 106 Å². The molecule has 0 radical (unpaired) electrons. The third kappa shape index (κ3) is 6.48. The summed E-state index contributed by atoms with van der Waals surface area (Å²) in [6, 6.07) is 51.8. The lowest BCUT2D eigenvalue weighted by molar-refractivity contribution is 0.597. The van der Waals surface area contributed by atoms with Crippen LogP contribution < -0.4 is 0 Å². The molecule has 9 heteroatoms. The quantitative estimate of drug-likeness (QED) is 0.137. The predicted octanol–water partition coefficient (Wildman–Crippen LogP) is 17.9. The lowest BCUT2D eigenvalue weighted by Crippen LogP contribution is -2.05. The lowest BCUT2D eigenvalue weighted by Gasteiger charge is -2.13. The third-order valence-corrected chi connectivity index (χ3v) is 19.3. The standard InChI is InChI=1S/C56H42Br2N2O2S3/c1-3-5-27-59-45-13-9-7-11-37(45)41-29-33(17-23-47(41)59)35-15-19-39-51(31-35)63-49-25-21-43(57)55(53(39)49)65(61,62)56-44(58)22-26-50-54(56)40-20-16-36(32-52(40)64-50)34-18-24-48-42(30-34)38-12-8-10-14-46(38)60(48)28-6-4-2/h7-26,29-32H,3-6,27-28H2,1-2H3. The van der Waals surface area contributed by atoms with Crippen LogP contribution in [0, 0.1) is 0 Å². The van der Waals surface area contributed by atoms with Crippen molar-refractivity contribution in [1.29, 1.82) is 0 Å². The SMILES string of the molecule is CCCCn1c2ccccc2c2cc(-c3ccc4c(c3)sc3ccc(Br)c(S(=O)(=O)c5c(Br)ccc6sc7cc(-c8ccc9c(c8)c8ccccc8n9CCCC)ccc7c56)c34)ccc21. The van der Waals surface area contributed by atoms with Crippen LogP contribution in [0.25, 0.3) is 106 Å². The van der Waals surface area contributed by atoms with E-state index in [-0.39, 0.29) is 0 Å². The van der Waals surface area contributed by atoms with Crippen LogP contribution in [0.4, 0.5) is 0 Å². The van der Waals surface area contributed by atoms with Crippen molar-refractivity contribution in [3.63, 3.8) is 0 Å². The van der Waals surface area contributed by atoms with Crippen LogP contribution in [-0.2, 0) is 22.9 Å². The Morgan fingerprint density at radius 1 is 0.431 bits per heavy atom. The van der Waals surface area contributed by atoms with E-state index in [4.69, 9.17) is 0 Å². The Morgan fingerprint density at radius 2 is 0.831 bits per heavy atom. The van der Waals surface area contributed by atoms with E-state index in [0.29, 0.717) is 18.7 Å². The summed E-state index contributed by atoms with van der Waals surface area (Å²) in [5.41, 5.74) is 9.55. The summed E-state index contributed by atoms with van der Waals surface area (Å²) in [6.45, 7) is 6.47. The van der Waals surface area contributed by atoms with E-state index in [0.717, 1.165) is 101 Å². The zero-order valence-electron chi connectivity index (χ0n) is 35.8. The molecule has 0 aliphatic heterocycles. The molecule has 12 aromatic rings. The van der Waals surface area contributed by atoms with Crippen molar-refractivity contribution in [2.45, 2.75) is 62.4 Å². The molecule has 0 spiro atoms. The molecule has 0 fully saturated rings. The molecule has 12 rings (SSSR count). The van der Waals surface area contributed by atoms with Gasteiger partial charge < -0.3 is 9.13 Å². The van der Waals surface area contributed by atoms with Gasteiger partial charge in [-0.1, -0.05) is 99.5 Å². The van der Waals surface area contributed by atoms with Gasteiger partial charge in [0.25, 0.3) is 0 Å². The molecule has 4 heterocycles. The van der Waals surface area contributed by atoms with Gasteiger partial charge in [-0.2, -0.15) is 0 Å². The maximum absolute atomic E-state index is 15.5. The van der Waals surface area contributed by atoms with Gasteiger partial charge >= 0.3 is 0 Å². The highest BCUT2D eigenvalue weighted by atomic mass is 79.9. The van der Waals surface area contributed by atoms with Gasteiger partial charge in [0.2, 0.25) is 9.84 Å². The van der Waals surface area contributed by atoms with Crippen LogP contribution in [0.5, 0.6) is 0 Å². The monoisotopic (exact) mass is 1030 g/mol. The Hall–Kier alpha value is -5.29. The number of benzene rings is 8. The second-order valence-corrected chi connectivity index (χ2v) is 22.8. The van der Waals surface area contributed by atoms with E-state index in [1.54, 1.807) is 22.7 Å². The summed E-state index contributed by atoms with van der Waals surface area (Å²) in [6.07, 6.45) is 4.55. The summed E-state index contributed by atoms with van der Waals surface area (Å²) >= 11 is 10.8. The topological polar surface area (TPSA) is 44.0 Å². The van der Waals surface area contributed by atoms with Crippen LogP contribution in [-0.4, -0.2) is 17.6 Å². The van der Waals surface area contributed by atoms with Gasteiger partial charge in [0.05, 0.1) is 9.79 Å². The van der Waals surface area contributed by atoms with Gasteiger partial charge in [0.1, 0.15) is 0 Å². The first-order valence-electron chi connectivity index (χ1n) is 22.3. The zero-order chi connectivity index (χ0) is 44.1. The normalized spacial score (nSPS) is 12.5. The molecule has 0 N–H and O–H groups in total. The zero-order valence-corrected chi connectivity index (χ0v) is 41.4. The molecule has 0 bridgehead atoms. The molecule has 4 nitrogen and oxygen atoms in total. The summed E-state index contributed by atoms with van der Waals surface area (Å²) < 4.78 is 41.0. The average Bonchev–Trinajstić information content (AvgIpc) is 4.06. The molecule has 0 saturated heterocycles. The fourth-order valence-electron chi connectivity index (χ4n) is 10.2. The number of fused-ring (bicyclic) bond motifs is 12. The smallest absolute Gasteiger partial charge is 0.210 e.